The van der Waals surface area contributed by atoms with Crippen LogP contribution in [0.25, 0.3) is 0 Å². The molecule has 0 saturated carbocycles. The Labute approximate surface area is 189 Å². The van der Waals surface area contributed by atoms with Gasteiger partial charge in [0.15, 0.2) is 23.3 Å². The molecule has 0 aliphatic rings. The lowest BCUT2D eigenvalue weighted by Gasteiger charge is -2.22. The Morgan fingerprint density at radius 2 is 1.44 bits per heavy atom. The number of aromatic nitrogens is 2. The van der Waals surface area contributed by atoms with Gasteiger partial charge in [0.05, 0.1) is 26.6 Å². The number of carbonyl (C=O) groups excluding carboxylic acids is 1. The molecule has 3 aromatic rings. The van der Waals surface area contributed by atoms with Crippen LogP contribution in [0, 0.1) is 36.0 Å². The van der Waals surface area contributed by atoms with E-state index in [-0.39, 0.29) is 33.8 Å². The van der Waals surface area contributed by atoms with E-state index in [9.17, 15) is 26.7 Å². The average Bonchev–Trinajstić information content (AvgIpc) is 3.04. The normalized spacial score (nSPS) is 11.7. The van der Waals surface area contributed by atoms with E-state index in [2.05, 4.69) is 5.10 Å². The molecule has 0 atom stereocenters. The van der Waals surface area contributed by atoms with Crippen LogP contribution >= 0.6 is 23.4 Å². The molecule has 0 spiro atoms. The molecule has 0 saturated heterocycles. The monoisotopic (exact) mass is 490 g/mol. The molecule has 4 nitrogen and oxygen atoms in total. The lowest BCUT2D eigenvalue weighted by Crippen LogP contribution is -2.25. The number of aryl methyl sites for hydroxylation is 1. The van der Waals surface area contributed by atoms with Crippen LogP contribution in [0.2, 0.25) is 5.02 Å². The molecular weight excluding hydrogens is 475 g/mol. The zero-order valence-corrected chi connectivity index (χ0v) is 18.8. The Kier molecular flexibility index (Phi) is 6.57. The van der Waals surface area contributed by atoms with E-state index in [4.69, 9.17) is 16.3 Å². The van der Waals surface area contributed by atoms with E-state index >= 15 is 0 Å². The first-order valence-corrected chi connectivity index (χ1v) is 10.3. The van der Waals surface area contributed by atoms with Gasteiger partial charge in [-0.2, -0.15) is 5.10 Å². The molecule has 32 heavy (non-hydrogen) atoms. The topological polar surface area (TPSA) is 44.1 Å². The van der Waals surface area contributed by atoms with Crippen LogP contribution in [0.15, 0.2) is 34.1 Å². The number of hydrogen-bond acceptors (Lipinski definition) is 4. The molecule has 1 heterocycles. The third-order valence-electron chi connectivity index (χ3n) is 4.24. The number of benzene rings is 2. The van der Waals surface area contributed by atoms with Gasteiger partial charge < -0.3 is 4.74 Å². The van der Waals surface area contributed by atoms with Crippen LogP contribution in [0.1, 0.15) is 36.8 Å². The Morgan fingerprint density at radius 3 is 1.94 bits per heavy atom. The van der Waals surface area contributed by atoms with Gasteiger partial charge in [-0.1, -0.05) is 23.4 Å². The molecule has 0 aliphatic carbocycles. The van der Waals surface area contributed by atoms with Crippen LogP contribution in [-0.4, -0.2) is 15.7 Å². The molecule has 0 unspecified atom stereocenters. The first kappa shape index (κ1) is 24.1. The zero-order chi connectivity index (χ0) is 24.0. The lowest BCUT2D eigenvalue weighted by molar-refractivity contribution is 0.0704. The summed E-state index contributed by atoms with van der Waals surface area (Å²) in [5, 5.41) is 4.64. The van der Waals surface area contributed by atoms with E-state index in [1.54, 1.807) is 20.8 Å². The quantitative estimate of drug-likeness (QED) is 0.177. The standard InChI is InChI=1S/C21H16ClF5N2O2S/c1-9-17(32-18-15(26)13(24)12(23)14(25)16(18)27)19(29(28-9)21(2,3)4)31-20(30)10-5-7-11(22)8-6-10/h5-8H,1-4H3. The summed E-state index contributed by atoms with van der Waals surface area (Å²) in [6, 6.07) is 5.75. The molecule has 2 aromatic carbocycles. The molecule has 1 aromatic heterocycles. The van der Waals surface area contributed by atoms with Gasteiger partial charge in [0.1, 0.15) is 0 Å². The average molecular weight is 491 g/mol. The maximum Gasteiger partial charge on any atom is 0.344 e. The molecule has 170 valence electrons. The van der Waals surface area contributed by atoms with Crippen LogP contribution in [0.4, 0.5) is 22.0 Å². The van der Waals surface area contributed by atoms with Gasteiger partial charge in [-0.05, 0) is 52.0 Å². The second kappa shape index (κ2) is 8.74. The molecule has 0 bridgehead atoms. The van der Waals surface area contributed by atoms with Gasteiger partial charge in [0.2, 0.25) is 11.7 Å². The number of rotatable bonds is 4. The van der Waals surface area contributed by atoms with Gasteiger partial charge in [0, 0.05) is 5.02 Å². The van der Waals surface area contributed by atoms with Crippen molar-refractivity contribution in [1.82, 2.24) is 9.78 Å². The van der Waals surface area contributed by atoms with Crippen molar-refractivity contribution in [3.05, 3.63) is 69.6 Å². The van der Waals surface area contributed by atoms with Crippen molar-refractivity contribution in [2.24, 2.45) is 0 Å². The molecule has 0 amide bonds. The minimum atomic E-state index is -2.26. The second-order valence-corrected chi connectivity index (χ2v) is 9.16. The van der Waals surface area contributed by atoms with Gasteiger partial charge in [0.25, 0.3) is 0 Å². The van der Waals surface area contributed by atoms with Crippen molar-refractivity contribution < 1.29 is 31.5 Å². The van der Waals surface area contributed by atoms with Crippen molar-refractivity contribution in [3.8, 4) is 5.88 Å². The minimum absolute atomic E-state index is 0.0783. The van der Waals surface area contributed by atoms with Gasteiger partial charge >= 0.3 is 5.97 Å². The van der Waals surface area contributed by atoms with Crippen LogP contribution in [0.5, 0.6) is 5.88 Å². The molecule has 11 heteroatoms. The Bertz CT molecular complexity index is 1180. The predicted octanol–water partition coefficient (Wildman–Crippen LogP) is 6.67. The third kappa shape index (κ3) is 4.47. The Morgan fingerprint density at radius 1 is 0.938 bits per heavy atom. The highest BCUT2D eigenvalue weighted by Gasteiger charge is 2.32. The molecular formula is C21H16ClF5N2O2S. The van der Waals surface area contributed by atoms with Crippen LogP contribution in [-0.2, 0) is 5.54 Å². The summed E-state index contributed by atoms with van der Waals surface area (Å²) in [5.41, 5.74) is -0.469. The molecule has 0 fully saturated rings. The smallest absolute Gasteiger partial charge is 0.344 e. The lowest BCUT2D eigenvalue weighted by atomic mass is 10.1. The number of esters is 1. The maximum absolute atomic E-state index is 14.3. The largest absolute Gasteiger partial charge is 0.403 e. The SMILES string of the molecule is Cc1nn(C(C)(C)C)c(OC(=O)c2ccc(Cl)cc2)c1Sc1c(F)c(F)c(F)c(F)c1F. The number of carbonyl (C=O) groups is 1. The fourth-order valence-corrected chi connectivity index (χ4v) is 3.76. The van der Waals surface area contributed by atoms with Crippen molar-refractivity contribution >= 4 is 29.3 Å². The van der Waals surface area contributed by atoms with Gasteiger partial charge in [-0.15, -0.1) is 0 Å². The molecule has 0 radical (unpaired) electrons. The van der Waals surface area contributed by atoms with Crippen molar-refractivity contribution in [2.75, 3.05) is 0 Å². The van der Waals surface area contributed by atoms with Crippen molar-refractivity contribution in [2.45, 2.75) is 43.0 Å². The predicted molar refractivity (Wildman–Crippen MR) is 109 cm³/mol. The van der Waals surface area contributed by atoms with Crippen LogP contribution < -0.4 is 4.74 Å². The Hall–Kier alpha value is -2.59. The maximum atomic E-state index is 14.3. The van der Waals surface area contributed by atoms with E-state index in [1.165, 1.54) is 35.9 Å². The molecule has 0 N–H and O–H groups in total. The summed E-state index contributed by atoms with van der Waals surface area (Å²) in [7, 11) is 0. The first-order valence-electron chi connectivity index (χ1n) is 9.10. The van der Waals surface area contributed by atoms with E-state index in [0.29, 0.717) is 5.02 Å². The Balaban J connectivity index is 2.13. The summed E-state index contributed by atoms with van der Waals surface area (Å²) in [6.07, 6.45) is 0. The zero-order valence-electron chi connectivity index (χ0n) is 17.2. The number of ether oxygens (including phenoxy) is 1. The fraction of sp³-hybridized carbons (Fsp3) is 0.238. The van der Waals surface area contributed by atoms with Crippen molar-refractivity contribution in [1.29, 1.82) is 0 Å². The van der Waals surface area contributed by atoms with E-state index < -0.39 is 45.5 Å². The van der Waals surface area contributed by atoms with Gasteiger partial charge in [-0.3, -0.25) is 0 Å². The third-order valence-corrected chi connectivity index (χ3v) is 5.73. The summed E-state index contributed by atoms with van der Waals surface area (Å²) in [4.78, 5) is 11.5. The second-order valence-electron chi connectivity index (χ2n) is 7.70. The summed E-state index contributed by atoms with van der Waals surface area (Å²) in [5.74, 6) is -11.4. The number of halogens is 6. The van der Waals surface area contributed by atoms with E-state index in [1.807, 2.05) is 0 Å². The number of nitrogens with zero attached hydrogens (tertiary/aromatic N) is 2. The number of hydrogen-bond donors (Lipinski definition) is 0. The molecule has 0 aliphatic heterocycles. The van der Waals surface area contributed by atoms with Crippen LogP contribution in [0.3, 0.4) is 0 Å². The summed E-state index contributed by atoms with van der Waals surface area (Å²) < 4.78 is 76.1. The van der Waals surface area contributed by atoms with Gasteiger partial charge in [-0.25, -0.2) is 31.4 Å². The fourth-order valence-electron chi connectivity index (χ4n) is 2.66. The summed E-state index contributed by atoms with van der Waals surface area (Å²) in [6.45, 7) is 6.64. The van der Waals surface area contributed by atoms with Crippen molar-refractivity contribution in [3.63, 3.8) is 0 Å². The minimum Gasteiger partial charge on any atom is -0.403 e. The van der Waals surface area contributed by atoms with E-state index in [0.717, 1.165) is 0 Å². The highest BCUT2D eigenvalue weighted by atomic mass is 35.5. The molecule has 3 rings (SSSR count). The summed E-state index contributed by atoms with van der Waals surface area (Å²) >= 11 is 6.05. The highest BCUT2D eigenvalue weighted by molar-refractivity contribution is 7.99. The first-order chi connectivity index (χ1) is 14.8. The highest BCUT2D eigenvalue weighted by Crippen LogP contribution is 2.43.